The Morgan fingerprint density at radius 3 is 2.43 bits per heavy atom. The predicted molar refractivity (Wildman–Crippen MR) is 113 cm³/mol. The molecule has 0 unspecified atom stereocenters. The van der Waals surface area contributed by atoms with Gasteiger partial charge >= 0.3 is 5.97 Å². The highest BCUT2D eigenvalue weighted by atomic mass is 19.1. The lowest BCUT2D eigenvalue weighted by Gasteiger charge is -2.28. The second-order valence-corrected chi connectivity index (χ2v) is 7.36. The average Bonchev–Trinajstić information content (AvgIpc) is 2.75. The van der Waals surface area contributed by atoms with Crippen LogP contribution < -0.4 is 15.0 Å². The molecule has 6 nitrogen and oxygen atoms in total. The van der Waals surface area contributed by atoms with E-state index in [2.05, 4.69) is 10.2 Å². The van der Waals surface area contributed by atoms with E-state index in [1.165, 1.54) is 45.4 Å². The lowest BCUT2D eigenvalue weighted by atomic mass is 10.1. The molecule has 2 aromatic carbocycles. The zero-order valence-corrected chi connectivity index (χ0v) is 17.3. The molecule has 160 valence electrons. The largest absolute Gasteiger partial charge is 0.494 e. The minimum Gasteiger partial charge on any atom is -0.494 e. The van der Waals surface area contributed by atoms with Crippen molar-refractivity contribution in [1.29, 1.82) is 0 Å². The summed E-state index contributed by atoms with van der Waals surface area (Å²) < 4.78 is 23.8. The maximum Gasteiger partial charge on any atom is 0.311 e. The summed E-state index contributed by atoms with van der Waals surface area (Å²) >= 11 is 0. The number of nitrogens with zero attached hydrogens (tertiary/aromatic N) is 1. The number of nitrogens with one attached hydrogen (secondary N) is 1. The van der Waals surface area contributed by atoms with Crippen LogP contribution in [0.25, 0.3) is 0 Å². The van der Waals surface area contributed by atoms with Crippen LogP contribution in [0.2, 0.25) is 0 Å². The zero-order valence-electron chi connectivity index (χ0n) is 17.3. The molecule has 0 bridgehead atoms. The van der Waals surface area contributed by atoms with Gasteiger partial charge in [0, 0.05) is 24.5 Å². The van der Waals surface area contributed by atoms with Gasteiger partial charge < -0.3 is 19.7 Å². The maximum absolute atomic E-state index is 13.7. The highest BCUT2D eigenvalue weighted by molar-refractivity contribution is 5.95. The molecule has 30 heavy (non-hydrogen) atoms. The topological polar surface area (TPSA) is 67.9 Å². The molecule has 7 heteroatoms. The second-order valence-electron chi connectivity index (χ2n) is 7.36. The lowest BCUT2D eigenvalue weighted by Crippen LogP contribution is -2.31. The van der Waals surface area contributed by atoms with Crippen molar-refractivity contribution < 1.29 is 23.5 Å². The molecule has 3 rings (SSSR count). The van der Waals surface area contributed by atoms with Crippen molar-refractivity contribution in [3.05, 3.63) is 53.8 Å². The fraction of sp³-hybridized carbons (Fsp3) is 0.391. The first-order chi connectivity index (χ1) is 14.5. The molecule has 1 fully saturated rings. The van der Waals surface area contributed by atoms with Crippen LogP contribution in [0, 0.1) is 5.82 Å². The molecule has 0 aliphatic carbocycles. The molecule has 0 spiro atoms. The molecule has 1 amide bonds. The molecule has 0 radical (unpaired) electrons. The average molecular weight is 414 g/mol. The Morgan fingerprint density at radius 2 is 1.80 bits per heavy atom. The smallest absolute Gasteiger partial charge is 0.311 e. The number of hydrogen-bond donors (Lipinski definition) is 1. The number of hydrogen-bond acceptors (Lipinski definition) is 5. The van der Waals surface area contributed by atoms with Gasteiger partial charge in [-0.05, 0) is 68.1 Å². The number of carbonyl (C=O) groups excluding carboxylic acids is 2. The van der Waals surface area contributed by atoms with Crippen molar-refractivity contribution in [2.45, 2.75) is 38.7 Å². The molecule has 0 aromatic heterocycles. The molecular weight excluding hydrogens is 387 g/mol. The third-order valence-electron chi connectivity index (χ3n) is 5.10. The Morgan fingerprint density at radius 1 is 1.10 bits per heavy atom. The first-order valence-electron chi connectivity index (χ1n) is 10.1. The van der Waals surface area contributed by atoms with Crippen molar-refractivity contribution in [2.75, 3.05) is 30.4 Å². The van der Waals surface area contributed by atoms with Gasteiger partial charge in [-0.2, -0.15) is 0 Å². The van der Waals surface area contributed by atoms with Gasteiger partial charge in [0.05, 0.1) is 13.5 Å². The van der Waals surface area contributed by atoms with E-state index in [0.717, 1.165) is 18.8 Å². The van der Waals surface area contributed by atoms with E-state index in [0.29, 0.717) is 11.3 Å². The quantitative estimate of drug-likeness (QED) is 0.695. The summed E-state index contributed by atoms with van der Waals surface area (Å²) in [5.41, 5.74) is 2.22. The van der Waals surface area contributed by atoms with Gasteiger partial charge in [-0.1, -0.05) is 6.07 Å². The van der Waals surface area contributed by atoms with E-state index in [1.54, 1.807) is 6.07 Å². The molecule has 1 N–H and O–H groups in total. The fourth-order valence-electron chi connectivity index (χ4n) is 3.43. The third kappa shape index (κ3) is 5.72. The fourth-order valence-corrected chi connectivity index (χ4v) is 3.43. The van der Waals surface area contributed by atoms with Gasteiger partial charge in [0.1, 0.15) is 0 Å². The van der Waals surface area contributed by atoms with Crippen LogP contribution in [0.15, 0.2) is 42.5 Å². The van der Waals surface area contributed by atoms with Crippen LogP contribution in [0.1, 0.15) is 31.7 Å². The highest BCUT2D eigenvalue weighted by Gasteiger charge is 2.19. The maximum atomic E-state index is 13.7. The summed E-state index contributed by atoms with van der Waals surface area (Å²) in [6.07, 6.45) is 2.56. The number of ether oxygens (including phenoxy) is 2. The van der Waals surface area contributed by atoms with Crippen LogP contribution in [0.5, 0.6) is 5.75 Å². The van der Waals surface area contributed by atoms with Gasteiger partial charge in [0.25, 0.3) is 5.91 Å². The molecule has 0 saturated carbocycles. The Bertz CT molecular complexity index is 879. The Hall–Kier alpha value is -3.09. The number of amides is 1. The predicted octanol–water partition coefficient (Wildman–Crippen LogP) is 3.94. The Labute approximate surface area is 176 Å². The number of anilines is 2. The summed E-state index contributed by atoms with van der Waals surface area (Å²) in [6.45, 7) is 3.61. The van der Waals surface area contributed by atoms with E-state index in [9.17, 15) is 14.0 Å². The minimum absolute atomic E-state index is 0.103. The van der Waals surface area contributed by atoms with Crippen LogP contribution in [-0.4, -0.2) is 38.2 Å². The third-order valence-corrected chi connectivity index (χ3v) is 5.10. The van der Waals surface area contributed by atoms with Gasteiger partial charge in [-0.3, -0.25) is 9.59 Å². The summed E-state index contributed by atoms with van der Waals surface area (Å²) in [4.78, 5) is 26.8. The number of esters is 1. The van der Waals surface area contributed by atoms with Crippen molar-refractivity contribution >= 4 is 23.3 Å². The van der Waals surface area contributed by atoms with Gasteiger partial charge in [0.2, 0.25) is 0 Å². The number of piperidine rings is 1. The molecule has 1 aliphatic heterocycles. The zero-order chi connectivity index (χ0) is 21.5. The van der Waals surface area contributed by atoms with E-state index in [4.69, 9.17) is 9.47 Å². The first kappa shape index (κ1) is 21.6. The van der Waals surface area contributed by atoms with E-state index >= 15 is 0 Å². The molecule has 1 atom stereocenters. The summed E-state index contributed by atoms with van der Waals surface area (Å²) in [5.74, 6) is -1.48. The molecule has 1 saturated heterocycles. The van der Waals surface area contributed by atoms with Gasteiger partial charge in [0.15, 0.2) is 17.7 Å². The standard InChI is InChI=1S/C23H27FN2O4/c1-16(30-22(27)15-17-6-11-21(29-2)20(24)14-17)23(28)25-18-7-9-19(10-8-18)26-12-4-3-5-13-26/h6-11,14,16H,3-5,12-13,15H2,1-2H3,(H,25,28)/t16-/m1/s1. The summed E-state index contributed by atoms with van der Waals surface area (Å²) in [6, 6.07) is 11.9. The van der Waals surface area contributed by atoms with Gasteiger partial charge in [-0.25, -0.2) is 4.39 Å². The van der Waals surface area contributed by atoms with Crippen molar-refractivity contribution in [3.8, 4) is 5.75 Å². The first-order valence-corrected chi connectivity index (χ1v) is 10.1. The Kier molecular flexibility index (Phi) is 7.27. The number of carbonyl (C=O) groups is 2. The second kappa shape index (κ2) is 10.1. The van der Waals surface area contributed by atoms with E-state index in [1.807, 2.05) is 24.3 Å². The van der Waals surface area contributed by atoms with Crippen LogP contribution in [0.3, 0.4) is 0 Å². The minimum atomic E-state index is -0.970. The van der Waals surface area contributed by atoms with Gasteiger partial charge in [-0.15, -0.1) is 0 Å². The van der Waals surface area contributed by atoms with Crippen LogP contribution in [0.4, 0.5) is 15.8 Å². The van der Waals surface area contributed by atoms with E-state index in [-0.39, 0.29) is 12.2 Å². The molecule has 1 heterocycles. The summed E-state index contributed by atoms with van der Waals surface area (Å²) in [7, 11) is 1.37. The Balaban J connectivity index is 1.50. The molecule has 2 aromatic rings. The normalized spacial score (nSPS) is 14.7. The highest BCUT2D eigenvalue weighted by Crippen LogP contribution is 2.22. The monoisotopic (exact) mass is 414 g/mol. The van der Waals surface area contributed by atoms with Crippen molar-refractivity contribution in [1.82, 2.24) is 0 Å². The SMILES string of the molecule is COc1ccc(CC(=O)O[C@H](C)C(=O)Nc2ccc(N3CCCCC3)cc2)cc1F. The molecular formula is C23H27FN2O4. The number of benzene rings is 2. The number of halogens is 1. The van der Waals surface area contributed by atoms with Crippen LogP contribution in [-0.2, 0) is 20.7 Å². The van der Waals surface area contributed by atoms with Crippen molar-refractivity contribution in [3.63, 3.8) is 0 Å². The lowest BCUT2D eigenvalue weighted by molar-refractivity contribution is -0.152. The number of methoxy groups -OCH3 is 1. The van der Waals surface area contributed by atoms with Crippen LogP contribution >= 0.6 is 0 Å². The number of rotatable bonds is 7. The van der Waals surface area contributed by atoms with Crippen molar-refractivity contribution in [2.24, 2.45) is 0 Å². The van der Waals surface area contributed by atoms with E-state index < -0.39 is 23.8 Å². The summed E-state index contributed by atoms with van der Waals surface area (Å²) in [5, 5.41) is 2.75. The molecule has 1 aliphatic rings.